The number of nitrogen functional groups attached to an aromatic ring is 1. The maximum atomic E-state index is 14.6. The molecule has 0 radical (unpaired) electrons. The van der Waals surface area contributed by atoms with E-state index in [-0.39, 0.29) is 24.1 Å². The van der Waals surface area contributed by atoms with E-state index in [0.717, 1.165) is 84.5 Å². The van der Waals surface area contributed by atoms with E-state index in [0.29, 0.717) is 62.6 Å². The number of nitrogens with two attached hydrogens (primary N) is 1. The lowest BCUT2D eigenvalue weighted by molar-refractivity contribution is -0.0857. The van der Waals surface area contributed by atoms with Crippen molar-refractivity contribution in [3.8, 4) is 12.1 Å². The van der Waals surface area contributed by atoms with Gasteiger partial charge < -0.3 is 25.0 Å². The first-order chi connectivity index (χ1) is 23.6. The Morgan fingerprint density at radius 3 is 2.88 bits per heavy atom. The Balaban J connectivity index is 1.19. The first-order valence-corrected chi connectivity index (χ1v) is 17.5. The van der Waals surface area contributed by atoms with E-state index in [4.69, 9.17) is 30.3 Å². The summed E-state index contributed by atoms with van der Waals surface area (Å²) in [6.45, 7) is 5.78. The minimum atomic E-state index is -0.858. The third-order valence-corrected chi connectivity index (χ3v) is 11.5. The Kier molecular flexibility index (Phi) is 7.79. The van der Waals surface area contributed by atoms with E-state index in [2.05, 4.69) is 15.9 Å². The summed E-state index contributed by atoms with van der Waals surface area (Å²) in [6.07, 6.45) is 5.30. The van der Waals surface area contributed by atoms with Crippen molar-refractivity contribution in [1.82, 2.24) is 29.5 Å². The fourth-order valence-electron chi connectivity index (χ4n) is 9.05. The van der Waals surface area contributed by atoms with E-state index in [1.165, 1.54) is 0 Å². The van der Waals surface area contributed by atoms with E-state index in [9.17, 15) is 14.4 Å². The van der Waals surface area contributed by atoms with Crippen LogP contribution in [-0.2, 0) is 42.9 Å². The maximum absolute atomic E-state index is 14.6. The fourth-order valence-corrected chi connectivity index (χ4v) is 9.05. The molecule has 12 nitrogen and oxygen atoms in total. The van der Waals surface area contributed by atoms with Gasteiger partial charge in [0.25, 0.3) is 5.91 Å². The van der Waals surface area contributed by atoms with Gasteiger partial charge in [-0.2, -0.15) is 20.3 Å². The summed E-state index contributed by atoms with van der Waals surface area (Å²) in [6, 6.07) is 6.48. The van der Waals surface area contributed by atoms with Crippen molar-refractivity contribution in [3.05, 3.63) is 57.0 Å². The Morgan fingerprint density at radius 1 is 1.20 bits per heavy atom. The van der Waals surface area contributed by atoms with Gasteiger partial charge in [0.2, 0.25) is 0 Å². The predicted molar refractivity (Wildman–Crippen MR) is 180 cm³/mol. The van der Waals surface area contributed by atoms with Crippen LogP contribution in [0.3, 0.4) is 0 Å². The van der Waals surface area contributed by atoms with Gasteiger partial charge in [0, 0.05) is 68.9 Å². The zero-order valence-electron chi connectivity index (χ0n) is 28.6. The number of ether oxygens (including phenoxy) is 2. The molecule has 1 amide bonds. The van der Waals surface area contributed by atoms with E-state index < -0.39 is 11.8 Å². The highest BCUT2D eigenvalue weighted by Gasteiger charge is 2.50. The molecule has 5 aliphatic rings. The molecule has 2 saturated heterocycles. The summed E-state index contributed by atoms with van der Waals surface area (Å²) in [5.74, 6) is 0.621. The molecule has 0 unspecified atom stereocenters. The number of aryl methyl sites for hydroxylation is 2. The van der Waals surface area contributed by atoms with Gasteiger partial charge in [-0.05, 0) is 63.6 Å². The van der Waals surface area contributed by atoms with Crippen LogP contribution in [0.25, 0.3) is 0 Å². The number of alkyl halides is 1. The number of benzene rings is 1. The van der Waals surface area contributed by atoms with Gasteiger partial charge >= 0.3 is 6.01 Å². The van der Waals surface area contributed by atoms with E-state index in [1.54, 1.807) is 19.0 Å². The average molecular weight is 670 g/mol. The van der Waals surface area contributed by atoms with E-state index in [1.807, 2.05) is 23.7 Å². The summed E-state index contributed by atoms with van der Waals surface area (Å²) in [5, 5.41) is 14.9. The molecule has 4 aliphatic heterocycles. The van der Waals surface area contributed by atoms with Crippen LogP contribution in [0.5, 0.6) is 6.01 Å². The molecule has 2 fully saturated rings. The third-order valence-electron chi connectivity index (χ3n) is 11.5. The first kappa shape index (κ1) is 32.0. The molecule has 49 heavy (non-hydrogen) atoms. The van der Waals surface area contributed by atoms with Crippen molar-refractivity contribution >= 4 is 17.4 Å². The van der Waals surface area contributed by atoms with Gasteiger partial charge in [0.1, 0.15) is 30.3 Å². The van der Waals surface area contributed by atoms with Crippen LogP contribution in [0.4, 0.5) is 15.9 Å². The highest BCUT2D eigenvalue weighted by atomic mass is 19.1. The van der Waals surface area contributed by atoms with Crippen molar-refractivity contribution in [1.29, 1.82) is 5.26 Å². The normalized spacial score (nSPS) is 26.0. The molecule has 13 heteroatoms. The summed E-state index contributed by atoms with van der Waals surface area (Å²) in [4.78, 5) is 29.1. The van der Waals surface area contributed by atoms with Gasteiger partial charge in [0.15, 0.2) is 5.69 Å². The number of fused-ring (bicyclic) bond motifs is 5. The topological polar surface area (TPSA) is 139 Å². The van der Waals surface area contributed by atoms with Gasteiger partial charge in [-0.1, -0.05) is 6.07 Å². The Labute approximate surface area is 286 Å². The van der Waals surface area contributed by atoms with Crippen LogP contribution in [0.2, 0.25) is 0 Å². The average Bonchev–Trinajstić information content (AvgIpc) is 3.65. The summed E-state index contributed by atoms with van der Waals surface area (Å²) >= 11 is 0. The molecule has 3 atom stereocenters. The molecule has 0 saturated carbocycles. The van der Waals surface area contributed by atoms with Crippen molar-refractivity contribution in [2.45, 2.75) is 95.3 Å². The summed E-state index contributed by atoms with van der Waals surface area (Å²) in [5.41, 5.74) is 12.2. The van der Waals surface area contributed by atoms with Crippen molar-refractivity contribution < 1.29 is 18.7 Å². The minimum Gasteiger partial charge on any atom is -0.461 e. The SMILES string of the molecule is Cc1c(C(=O)N(C)C)nn2c1CN(c1nc(OC[C@@]34CCCN3C[C@H](F)C4)nc3c1CO[C@@]1(CCCc4ccc(N)c(C#N)c41)C3)CCC2. The molecule has 258 valence electrons. The fraction of sp³-hybridized carbons (Fsp3) is 0.583. The van der Waals surface area contributed by atoms with Gasteiger partial charge in [0.05, 0.1) is 35.6 Å². The van der Waals surface area contributed by atoms with Gasteiger partial charge in [-0.15, -0.1) is 0 Å². The molecular formula is C36H44FN9O3. The van der Waals surface area contributed by atoms with Crippen molar-refractivity contribution in [2.24, 2.45) is 0 Å². The number of halogens is 1. The number of nitriles is 1. The number of nitrogens with zero attached hydrogens (tertiary/aromatic N) is 8. The third kappa shape index (κ3) is 5.22. The quantitative estimate of drug-likeness (QED) is 0.399. The van der Waals surface area contributed by atoms with Crippen LogP contribution in [0.1, 0.15) is 88.2 Å². The first-order valence-electron chi connectivity index (χ1n) is 17.5. The van der Waals surface area contributed by atoms with Gasteiger partial charge in [-0.3, -0.25) is 14.4 Å². The summed E-state index contributed by atoms with van der Waals surface area (Å²) in [7, 11) is 3.48. The van der Waals surface area contributed by atoms with Crippen LogP contribution in [-0.4, -0.2) is 87.5 Å². The van der Waals surface area contributed by atoms with Crippen LogP contribution < -0.4 is 15.4 Å². The lowest BCUT2D eigenvalue weighted by atomic mass is 9.72. The van der Waals surface area contributed by atoms with Crippen LogP contribution in [0.15, 0.2) is 12.1 Å². The van der Waals surface area contributed by atoms with Crippen molar-refractivity contribution in [2.75, 3.05) is 51.0 Å². The Morgan fingerprint density at radius 2 is 2.06 bits per heavy atom. The summed E-state index contributed by atoms with van der Waals surface area (Å²) < 4.78 is 29.9. The number of aromatic nitrogens is 4. The highest BCUT2D eigenvalue weighted by molar-refractivity contribution is 5.93. The molecule has 1 spiro atoms. The molecule has 6 heterocycles. The molecule has 0 bridgehead atoms. The maximum Gasteiger partial charge on any atom is 0.318 e. The number of hydrogen-bond donors (Lipinski definition) is 1. The number of carbonyl (C=O) groups is 1. The number of hydrogen-bond acceptors (Lipinski definition) is 10. The second-order valence-corrected chi connectivity index (χ2v) is 14.7. The lowest BCUT2D eigenvalue weighted by Gasteiger charge is -2.43. The predicted octanol–water partition coefficient (Wildman–Crippen LogP) is 3.81. The second kappa shape index (κ2) is 11.9. The largest absolute Gasteiger partial charge is 0.461 e. The molecular weight excluding hydrogens is 625 g/mol. The Hall–Kier alpha value is -4.28. The number of amides is 1. The Bertz CT molecular complexity index is 1870. The second-order valence-electron chi connectivity index (χ2n) is 14.7. The smallest absolute Gasteiger partial charge is 0.318 e. The lowest BCUT2D eigenvalue weighted by Crippen LogP contribution is -2.44. The number of carbonyl (C=O) groups excluding carboxylic acids is 1. The number of rotatable bonds is 5. The molecule has 2 N–H and O–H groups in total. The monoisotopic (exact) mass is 669 g/mol. The zero-order valence-corrected chi connectivity index (χ0v) is 28.6. The molecule has 3 aromatic rings. The molecule has 1 aliphatic carbocycles. The minimum absolute atomic E-state index is 0.119. The number of anilines is 2. The van der Waals surface area contributed by atoms with Crippen molar-refractivity contribution in [3.63, 3.8) is 0 Å². The van der Waals surface area contributed by atoms with E-state index >= 15 is 0 Å². The highest BCUT2D eigenvalue weighted by Crippen LogP contribution is 2.48. The van der Waals surface area contributed by atoms with Crippen LogP contribution in [0, 0.1) is 18.3 Å². The zero-order chi connectivity index (χ0) is 34.1. The molecule has 8 rings (SSSR count). The van der Waals surface area contributed by atoms with Gasteiger partial charge in [-0.25, -0.2) is 4.39 Å². The molecule has 1 aromatic carbocycles. The van der Waals surface area contributed by atoms with Crippen LogP contribution >= 0.6 is 0 Å². The standard InChI is InChI=1S/C36H44FN9O3/c1-22-29-19-44(12-6-14-46(29)42-31(22)33(47)43(2)3)32-26-20-49-36(11-4-7-23-8-9-27(39)25(17-38)30(23)36)16-28(26)40-34(41-32)48-21-35-10-5-13-45(35)18-24(37)15-35/h8-9,24H,4-7,10-16,18-21,39H2,1-3H3/t24-,35+,36+/m1/s1. The molecule has 2 aromatic heterocycles.